The van der Waals surface area contributed by atoms with Crippen LogP contribution in [0, 0.1) is 6.92 Å². The number of aromatic amines is 1. The van der Waals surface area contributed by atoms with Crippen LogP contribution in [0.25, 0.3) is 0 Å². The van der Waals surface area contributed by atoms with E-state index in [9.17, 15) is 8.42 Å². The van der Waals surface area contributed by atoms with Crippen LogP contribution in [-0.2, 0) is 10.0 Å². The molecular weight excluding hydrogens is 260 g/mol. The molecule has 1 rings (SSSR count). The molecule has 17 heavy (non-hydrogen) atoms. The molecule has 0 bridgehead atoms. The summed E-state index contributed by atoms with van der Waals surface area (Å²) in [6.45, 7) is 4.11. The standard InChI is InChI=1S/C9H16N4O2S2/c1-3-13(5-4-8(10)16)17(14,15)9-6-11-7(2)12-9/h6H,3-5H2,1-2H3,(H2,10,16)(H,11,12). The van der Waals surface area contributed by atoms with E-state index in [0.29, 0.717) is 23.8 Å². The molecule has 0 spiro atoms. The van der Waals surface area contributed by atoms with Crippen molar-refractivity contribution < 1.29 is 8.42 Å². The molecule has 96 valence electrons. The molecule has 6 nitrogen and oxygen atoms in total. The van der Waals surface area contributed by atoms with E-state index in [2.05, 4.69) is 9.97 Å². The lowest BCUT2D eigenvalue weighted by Gasteiger charge is -2.18. The fraction of sp³-hybridized carbons (Fsp3) is 0.556. The normalized spacial score (nSPS) is 11.9. The topological polar surface area (TPSA) is 92.1 Å². The average Bonchev–Trinajstić information content (AvgIpc) is 2.65. The molecule has 0 fully saturated rings. The summed E-state index contributed by atoms with van der Waals surface area (Å²) in [6.07, 6.45) is 1.68. The Morgan fingerprint density at radius 1 is 1.65 bits per heavy atom. The molecule has 0 aliphatic rings. The van der Waals surface area contributed by atoms with E-state index in [4.69, 9.17) is 18.0 Å². The third-order valence-corrected chi connectivity index (χ3v) is 4.35. The summed E-state index contributed by atoms with van der Waals surface area (Å²) < 4.78 is 25.6. The SMILES string of the molecule is CCN(CCC(N)=S)S(=O)(=O)c1cnc(C)[nH]1. The molecule has 0 radical (unpaired) electrons. The van der Waals surface area contributed by atoms with Crippen LogP contribution in [0.4, 0.5) is 0 Å². The minimum absolute atomic E-state index is 0.0970. The molecule has 1 heterocycles. The highest BCUT2D eigenvalue weighted by Crippen LogP contribution is 2.13. The van der Waals surface area contributed by atoms with Gasteiger partial charge in [-0.2, -0.15) is 4.31 Å². The number of hydrogen-bond acceptors (Lipinski definition) is 4. The van der Waals surface area contributed by atoms with Crippen molar-refractivity contribution in [1.82, 2.24) is 14.3 Å². The molecule has 1 aromatic rings. The number of nitrogens with one attached hydrogen (secondary N) is 1. The number of rotatable bonds is 6. The summed E-state index contributed by atoms with van der Waals surface area (Å²) in [5.41, 5.74) is 5.37. The van der Waals surface area contributed by atoms with E-state index in [-0.39, 0.29) is 11.6 Å². The molecule has 0 saturated carbocycles. The van der Waals surface area contributed by atoms with Crippen LogP contribution >= 0.6 is 12.2 Å². The van der Waals surface area contributed by atoms with Crippen molar-refractivity contribution in [2.24, 2.45) is 5.73 Å². The highest BCUT2D eigenvalue weighted by molar-refractivity contribution is 7.89. The first-order chi connectivity index (χ1) is 7.87. The van der Waals surface area contributed by atoms with E-state index >= 15 is 0 Å². The first-order valence-electron chi connectivity index (χ1n) is 5.18. The molecule has 3 N–H and O–H groups in total. The van der Waals surface area contributed by atoms with E-state index in [1.807, 2.05) is 0 Å². The van der Waals surface area contributed by atoms with E-state index in [1.54, 1.807) is 13.8 Å². The van der Waals surface area contributed by atoms with Gasteiger partial charge in [0, 0.05) is 19.5 Å². The molecule has 0 saturated heterocycles. The molecule has 8 heteroatoms. The van der Waals surface area contributed by atoms with Crippen LogP contribution in [0.15, 0.2) is 11.2 Å². The number of nitrogens with zero attached hydrogens (tertiary/aromatic N) is 2. The number of aryl methyl sites for hydroxylation is 1. The maximum absolute atomic E-state index is 12.2. The second-order valence-electron chi connectivity index (χ2n) is 3.55. The zero-order valence-electron chi connectivity index (χ0n) is 9.80. The van der Waals surface area contributed by atoms with Crippen molar-refractivity contribution in [2.45, 2.75) is 25.3 Å². The van der Waals surface area contributed by atoms with Gasteiger partial charge in [0.25, 0.3) is 10.0 Å². The zero-order chi connectivity index (χ0) is 13.1. The van der Waals surface area contributed by atoms with Crippen LogP contribution in [0.2, 0.25) is 0 Å². The van der Waals surface area contributed by atoms with Gasteiger partial charge in [-0.15, -0.1) is 0 Å². The third-order valence-electron chi connectivity index (χ3n) is 2.26. The van der Waals surface area contributed by atoms with Crippen molar-refractivity contribution in [3.8, 4) is 0 Å². The smallest absolute Gasteiger partial charge is 0.260 e. The molecule has 1 aromatic heterocycles. The van der Waals surface area contributed by atoms with Gasteiger partial charge < -0.3 is 10.7 Å². The summed E-state index contributed by atoms with van der Waals surface area (Å²) in [5.74, 6) is 0.564. The Kier molecular flexibility index (Phi) is 4.61. The van der Waals surface area contributed by atoms with Crippen LogP contribution in [0.3, 0.4) is 0 Å². The van der Waals surface area contributed by atoms with Crippen LogP contribution in [0.1, 0.15) is 19.2 Å². The monoisotopic (exact) mass is 276 g/mol. The van der Waals surface area contributed by atoms with Crippen molar-refractivity contribution in [3.63, 3.8) is 0 Å². The maximum atomic E-state index is 12.2. The lowest BCUT2D eigenvalue weighted by Crippen LogP contribution is -2.33. The molecule has 0 aromatic carbocycles. The number of imidazole rings is 1. The average molecular weight is 276 g/mol. The first-order valence-corrected chi connectivity index (χ1v) is 7.02. The van der Waals surface area contributed by atoms with Gasteiger partial charge in [-0.1, -0.05) is 19.1 Å². The molecular formula is C9H16N4O2S2. The highest BCUT2D eigenvalue weighted by atomic mass is 32.2. The van der Waals surface area contributed by atoms with E-state index in [0.717, 1.165) is 0 Å². The van der Waals surface area contributed by atoms with Crippen molar-refractivity contribution in [2.75, 3.05) is 13.1 Å². The van der Waals surface area contributed by atoms with Gasteiger partial charge >= 0.3 is 0 Å². The maximum Gasteiger partial charge on any atom is 0.260 e. The first kappa shape index (κ1) is 14.1. The summed E-state index contributed by atoms with van der Waals surface area (Å²) in [7, 11) is -3.53. The molecule has 0 atom stereocenters. The quantitative estimate of drug-likeness (QED) is 0.734. The van der Waals surface area contributed by atoms with Crippen LogP contribution in [0.5, 0.6) is 0 Å². The summed E-state index contributed by atoms with van der Waals surface area (Å²) >= 11 is 4.74. The number of hydrogen-bond donors (Lipinski definition) is 2. The van der Waals surface area contributed by atoms with Gasteiger partial charge in [-0.3, -0.25) is 0 Å². The Morgan fingerprint density at radius 2 is 2.29 bits per heavy atom. The fourth-order valence-electron chi connectivity index (χ4n) is 1.35. The van der Waals surface area contributed by atoms with E-state index in [1.165, 1.54) is 10.5 Å². The van der Waals surface area contributed by atoms with Crippen LogP contribution < -0.4 is 5.73 Å². The predicted molar refractivity (Wildman–Crippen MR) is 69.2 cm³/mol. The number of thiocarbonyl (C=S) groups is 1. The Hall–Kier alpha value is -0.990. The second kappa shape index (κ2) is 5.56. The van der Waals surface area contributed by atoms with Crippen molar-refractivity contribution >= 4 is 27.2 Å². The molecule has 0 aliphatic carbocycles. The number of nitrogens with two attached hydrogens (primary N) is 1. The minimum atomic E-state index is -3.53. The lowest BCUT2D eigenvalue weighted by molar-refractivity contribution is 0.435. The third kappa shape index (κ3) is 3.48. The summed E-state index contributed by atoms with van der Waals surface area (Å²) in [4.78, 5) is 6.90. The molecule has 0 aliphatic heterocycles. The Bertz CT molecular complexity index is 495. The van der Waals surface area contributed by atoms with Crippen molar-refractivity contribution in [3.05, 3.63) is 12.0 Å². The van der Waals surface area contributed by atoms with Crippen LogP contribution in [-0.4, -0.2) is 40.8 Å². The van der Waals surface area contributed by atoms with Gasteiger partial charge in [-0.05, 0) is 6.92 Å². The minimum Gasteiger partial charge on any atom is -0.393 e. The van der Waals surface area contributed by atoms with Gasteiger partial charge in [0.15, 0.2) is 5.03 Å². The Balaban J connectivity index is 2.90. The summed E-state index contributed by atoms with van der Waals surface area (Å²) in [6, 6.07) is 0. The number of sulfonamides is 1. The molecule has 0 unspecified atom stereocenters. The van der Waals surface area contributed by atoms with Crippen molar-refractivity contribution in [1.29, 1.82) is 0 Å². The van der Waals surface area contributed by atoms with Gasteiger partial charge in [0.1, 0.15) is 5.82 Å². The molecule has 0 amide bonds. The van der Waals surface area contributed by atoms with E-state index < -0.39 is 10.0 Å². The summed E-state index contributed by atoms with van der Waals surface area (Å²) in [5, 5.41) is 0.0970. The Labute approximate surface area is 106 Å². The van der Waals surface area contributed by atoms with Gasteiger partial charge in [0.05, 0.1) is 11.2 Å². The lowest BCUT2D eigenvalue weighted by atomic mass is 10.4. The highest BCUT2D eigenvalue weighted by Gasteiger charge is 2.24. The predicted octanol–water partition coefficient (Wildman–Crippen LogP) is 0.405. The van der Waals surface area contributed by atoms with Gasteiger partial charge in [0.2, 0.25) is 0 Å². The second-order valence-corrected chi connectivity index (χ2v) is 5.98. The largest absolute Gasteiger partial charge is 0.393 e. The number of aromatic nitrogens is 2. The fourth-order valence-corrected chi connectivity index (χ4v) is 2.86. The van der Waals surface area contributed by atoms with Gasteiger partial charge in [-0.25, -0.2) is 13.4 Å². The zero-order valence-corrected chi connectivity index (χ0v) is 11.4. The Morgan fingerprint density at radius 3 is 2.71 bits per heavy atom. The number of H-pyrrole nitrogens is 1.